The van der Waals surface area contributed by atoms with E-state index in [9.17, 15) is 13.2 Å². The van der Waals surface area contributed by atoms with Gasteiger partial charge in [0.1, 0.15) is 10.6 Å². The van der Waals surface area contributed by atoms with Crippen molar-refractivity contribution in [1.29, 1.82) is 0 Å². The highest BCUT2D eigenvalue weighted by molar-refractivity contribution is 7.86. The second-order valence-electron chi connectivity index (χ2n) is 5.75. The average Bonchev–Trinajstić information content (AvgIpc) is 2.39. The third kappa shape index (κ3) is 3.59. The highest BCUT2D eigenvalue weighted by atomic mass is 32.2. The van der Waals surface area contributed by atoms with Crippen LogP contribution in [0.3, 0.4) is 0 Å². The van der Waals surface area contributed by atoms with E-state index in [1.54, 1.807) is 39.8 Å². The summed E-state index contributed by atoms with van der Waals surface area (Å²) in [6, 6.07) is 3.57. The molecule has 0 N–H and O–H groups in total. The molecular formula is C17H19NO4S. The maximum Gasteiger partial charge on any atom is 0.359 e. The van der Waals surface area contributed by atoms with Crippen molar-refractivity contribution in [3.8, 4) is 0 Å². The van der Waals surface area contributed by atoms with Crippen LogP contribution in [0.5, 0.6) is 0 Å². The number of hydrogen-bond acceptors (Lipinski definition) is 5. The first-order valence-electron chi connectivity index (χ1n) is 7.12. The first kappa shape index (κ1) is 17.1. The van der Waals surface area contributed by atoms with Crippen molar-refractivity contribution >= 4 is 21.6 Å². The first-order chi connectivity index (χ1) is 10.6. The monoisotopic (exact) mass is 333 g/mol. The van der Waals surface area contributed by atoms with Gasteiger partial charge in [-0.1, -0.05) is 22.9 Å². The van der Waals surface area contributed by atoms with Crippen LogP contribution in [0.2, 0.25) is 0 Å². The molecule has 0 saturated carbocycles. The van der Waals surface area contributed by atoms with Crippen molar-refractivity contribution in [2.45, 2.75) is 39.5 Å². The average molecular weight is 333 g/mol. The van der Waals surface area contributed by atoms with E-state index in [1.165, 1.54) is 12.2 Å². The van der Waals surface area contributed by atoms with Crippen LogP contribution in [-0.4, -0.2) is 19.9 Å². The molecule has 1 aliphatic carbocycles. The fourth-order valence-corrected chi connectivity index (χ4v) is 3.72. The summed E-state index contributed by atoms with van der Waals surface area (Å²) in [5.41, 5.74) is 3.58. The maximum atomic E-state index is 12.4. The molecule has 0 saturated heterocycles. The van der Waals surface area contributed by atoms with Gasteiger partial charge in [-0.3, -0.25) is 9.08 Å². The topological polar surface area (TPSA) is 72.8 Å². The second kappa shape index (κ2) is 6.12. The van der Waals surface area contributed by atoms with Crippen molar-refractivity contribution in [2.75, 3.05) is 0 Å². The Morgan fingerprint density at radius 3 is 2.04 bits per heavy atom. The van der Waals surface area contributed by atoms with Gasteiger partial charge in [-0.25, -0.2) is 0 Å². The number of nitrogens with zero attached hydrogens (tertiary/aromatic N) is 1. The molecule has 1 aromatic rings. The van der Waals surface area contributed by atoms with Crippen molar-refractivity contribution in [3.63, 3.8) is 0 Å². The van der Waals surface area contributed by atoms with Crippen molar-refractivity contribution < 1.29 is 17.5 Å². The number of allylic oxidation sites excluding steroid dienone is 4. The van der Waals surface area contributed by atoms with Crippen LogP contribution in [-0.2, 0) is 19.2 Å². The summed E-state index contributed by atoms with van der Waals surface area (Å²) in [7, 11) is -4.02. The third-order valence-corrected chi connectivity index (χ3v) is 5.00. The molecule has 0 aromatic heterocycles. The molecule has 2 rings (SSSR count). The molecule has 1 aromatic carbocycles. The van der Waals surface area contributed by atoms with Gasteiger partial charge in [0.2, 0.25) is 0 Å². The second-order valence-corrected chi connectivity index (χ2v) is 7.22. The minimum atomic E-state index is -4.02. The maximum absolute atomic E-state index is 12.4. The zero-order chi connectivity index (χ0) is 17.4. The van der Waals surface area contributed by atoms with Crippen molar-refractivity contribution in [2.24, 2.45) is 5.16 Å². The molecule has 0 aliphatic heterocycles. The van der Waals surface area contributed by atoms with Gasteiger partial charge in [0.25, 0.3) is 0 Å². The molecule has 5 nitrogen and oxygen atoms in total. The van der Waals surface area contributed by atoms with Gasteiger partial charge >= 0.3 is 10.1 Å². The van der Waals surface area contributed by atoms with E-state index >= 15 is 0 Å². The number of benzene rings is 1. The molecule has 0 bridgehead atoms. The summed E-state index contributed by atoms with van der Waals surface area (Å²) >= 11 is 0. The van der Waals surface area contributed by atoms with E-state index in [-0.39, 0.29) is 10.7 Å². The van der Waals surface area contributed by atoms with E-state index in [0.717, 1.165) is 5.56 Å². The first-order valence-corrected chi connectivity index (χ1v) is 8.53. The van der Waals surface area contributed by atoms with E-state index in [0.29, 0.717) is 28.0 Å². The molecule has 0 fully saturated rings. The minimum Gasteiger partial charge on any atom is -0.290 e. The Labute approximate surface area is 136 Å². The number of ketones is 1. The molecule has 6 heteroatoms. The lowest BCUT2D eigenvalue weighted by Crippen LogP contribution is -2.13. The molecule has 0 atom stereocenters. The number of aryl methyl sites for hydroxylation is 3. The number of hydrogen-bond donors (Lipinski definition) is 0. The van der Waals surface area contributed by atoms with E-state index in [1.807, 2.05) is 6.92 Å². The summed E-state index contributed by atoms with van der Waals surface area (Å²) in [4.78, 5) is 11.7. The summed E-state index contributed by atoms with van der Waals surface area (Å²) in [5, 5.41) is 3.73. The third-order valence-electron chi connectivity index (χ3n) is 3.58. The van der Waals surface area contributed by atoms with Gasteiger partial charge in [-0.05, 0) is 69.0 Å². The minimum absolute atomic E-state index is 0.116. The Morgan fingerprint density at radius 1 is 0.913 bits per heavy atom. The fraction of sp³-hybridized carbons (Fsp3) is 0.294. The predicted molar refractivity (Wildman–Crippen MR) is 88.9 cm³/mol. The Morgan fingerprint density at radius 2 is 1.48 bits per heavy atom. The SMILES string of the molecule is CC1=C/C(=N\OS(=O)(=O)c2c(C)cc(C)cc2C)C(C)=CC1=O. The van der Waals surface area contributed by atoms with E-state index < -0.39 is 10.1 Å². The van der Waals surface area contributed by atoms with E-state index in [2.05, 4.69) is 5.16 Å². The molecule has 0 unspecified atom stereocenters. The standard InChI is InChI=1S/C17H19NO4S/c1-10-6-13(4)17(14(5)7-10)23(20,21)22-18-15-8-12(3)16(19)9-11(15)2/h6-9H,1-5H3/b18-15+. The quantitative estimate of drug-likeness (QED) is 0.629. The van der Waals surface area contributed by atoms with Crippen molar-refractivity contribution in [3.05, 3.63) is 52.1 Å². The number of oxime groups is 1. The van der Waals surface area contributed by atoms with Gasteiger partial charge in [0, 0.05) is 0 Å². The lowest BCUT2D eigenvalue weighted by atomic mass is 9.99. The lowest BCUT2D eigenvalue weighted by Gasteiger charge is -2.12. The zero-order valence-corrected chi connectivity index (χ0v) is 14.6. The Bertz CT molecular complexity index is 851. The Kier molecular flexibility index (Phi) is 4.56. The zero-order valence-electron chi connectivity index (χ0n) is 13.8. The summed E-state index contributed by atoms with van der Waals surface area (Å²) in [5.74, 6) is -0.116. The highest BCUT2D eigenvalue weighted by Crippen LogP contribution is 2.24. The molecule has 0 heterocycles. The molecule has 0 spiro atoms. The lowest BCUT2D eigenvalue weighted by molar-refractivity contribution is -0.111. The molecule has 1 aliphatic rings. The van der Waals surface area contributed by atoms with Crippen molar-refractivity contribution in [1.82, 2.24) is 0 Å². The van der Waals surface area contributed by atoms with Gasteiger partial charge in [-0.2, -0.15) is 8.42 Å². The van der Waals surface area contributed by atoms with Gasteiger partial charge in [0.05, 0.1) is 0 Å². The van der Waals surface area contributed by atoms with Crippen LogP contribution in [0.25, 0.3) is 0 Å². The summed E-state index contributed by atoms with van der Waals surface area (Å²) < 4.78 is 29.8. The number of rotatable bonds is 3. The molecule has 122 valence electrons. The van der Waals surface area contributed by atoms with Crippen LogP contribution >= 0.6 is 0 Å². The highest BCUT2D eigenvalue weighted by Gasteiger charge is 2.23. The normalized spacial score (nSPS) is 17.1. The van der Waals surface area contributed by atoms with Gasteiger partial charge in [0.15, 0.2) is 5.78 Å². The molecular weight excluding hydrogens is 314 g/mol. The fourth-order valence-electron chi connectivity index (χ4n) is 2.56. The largest absolute Gasteiger partial charge is 0.359 e. The summed E-state index contributed by atoms with van der Waals surface area (Å²) in [6.07, 6.45) is 2.93. The van der Waals surface area contributed by atoms with Gasteiger partial charge < -0.3 is 0 Å². The smallest absolute Gasteiger partial charge is 0.290 e. The van der Waals surface area contributed by atoms with Crippen LogP contribution < -0.4 is 0 Å². The molecule has 0 amide bonds. The van der Waals surface area contributed by atoms with Gasteiger partial charge in [-0.15, -0.1) is 0 Å². The predicted octanol–water partition coefficient (Wildman–Crippen LogP) is 3.15. The Balaban J connectivity index is 2.39. The van der Waals surface area contributed by atoms with Crippen LogP contribution in [0.15, 0.2) is 45.5 Å². The van der Waals surface area contributed by atoms with Crippen LogP contribution in [0, 0.1) is 20.8 Å². The number of carbonyl (C=O) groups excluding carboxylic acids is 1. The Hall–Kier alpha value is -2.21. The molecule has 0 radical (unpaired) electrons. The van der Waals surface area contributed by atoms with Crippen LogP contribution in [0.1, 0.15) is 30.5 Å². The number of carbonyl (C=O) groups is 1. The van der Waals surface area contributed by atoms with Crippen LogP contribution in [0.4, 0.5) is 0 Å². The van der Waals surface area contributed by atoms with E-state index in [4.69, 9.17) is 4.28 Å². The molecule has 23 heavy (non-hydrogen) atoms. The summed E-state index contributed by atoms with van der Waals surface area (Å²) in [6.45, 7) is 8.66.